The van der Waals surface area contributed by atoms with Gasteiger partial charge in [-0.15, -0.1) is 0 Å². The van der Waals surface area contributed by atoms with E-state index in [9.17, 15) is 9.59 Å². The van der Waals surface area contributed by atoms with Crippen molar-refractivity contribution in [3.05, 3.63) is 47.0 Å². The predicted molar refractivity (Wildman–Crippen MR) is 109 cm³/mol. The molecule has 1 fully saturated rings. The van der Waals surface area contributed by atoms with E-state index in [1.165, 1.54) is 0 Å². The average Bonchev–Trinajstić information content (AvgIpc) is 3.17. The highest BCUT2D eigenvalue weighted by Gasteiger charge is 2.36. The number of fused-ring (bicyclic) bond motifs is 3. The Morgan fingerprint density at radius 3 is 2.97 bits per heavy atom. The van der Waals surface area contributed by atoms with Crippen LogP contribution in [0.3, 0.4) is 0 Å². The van der Waals surface area contributed by atoms with Crippen LogP contribution in [0.2, 0.25) is 5.02 Å². The first kappa shape index (κ1) is 18.1. The second kappa shape index (κ2) is 7.17. The summed E-state index contributed by atoms with van der Waals surface area (Å²) in [5.41, 5.74) is 2.77. The molecule has 5 rings (SSSR count). The smallest absolute Gasteiger partial charge is 0.238 e. The number of aliphatic imine (C=N–C) groups is 1. The average molecular weight is 412 g/mol. The zero-order valence-electron chi connectivity index (χ0n) is 15.5. The molecule has 7 nitrogen and oxygen atoms in total. The Morgan fingerprint density at radius 2 is 2.07 bits per heavy atom. The van der Waals surface area contributed by atoms with Crippen LogP contribution in [0.15, 0.2) is 41.4 Å². The number of nitrogens with one attached hydrogen (secondary N) is 1. The van der Waals surface area contributed by atoms with Gasteiger partial charge in [-0.2, -0.15) is 0 Å². The first-order chi connectivity index (χ1) is 14.1. The summed E-state index contributed by atoms with van der Waals surface area (Å²) < 4.78 is 10.6. The van der Waals surface area contributed by atoms with Gasteiger partial charge in [0.25, 0.3) is 0 Å². The molecule has 3 aliphatic heterocycles. The van der Waals surface area contributed by atoms with Gasteiger partial charge >= 0.3 is 0 Å². The molecule has 1 unspecified atom stereocenters. The van der Waals surface area contributed by atoms with Crippen LogP contribution in [0.4, 0.5) is 11.4 Å². The number of anilines is 1. The molecule has 0 aromatic heterocycles. The minimum absolute atomic E-state index is 0.0216. The van der Waals surface area contributed by atoms with Crippen LogP contribution in [0.5, 0.6) is 11.5 Å². The lowest BCUT2D eigenvalue weighted by molar-refractivity contribution is -0.117. The van der Waals surface area contributed by atoms with E-state index in [1.54, 1.807) is 36.4 Å². The molecule has 0 radical (unpaired) electrons. The molecule has 1 saturated heterocycles. The van der Waals surface area contributed by atoms with Gasteiger partial charge in [-0.3, -0.25) is 19.5 Å². The third kappa shape index (κ3) is 3.47. The Morgan fingerprint density at radius 1 is 1.21 bits per heavy atom. The van der Waals surface area contributed by atoms with Crippen LogP contribution in [0, 0.1) is 5.92 Å². The fraction of sp³-hybridized carbons (Fsp3) is 0.286. The second-order valence-corrected chi connectivity index (χ2v) is 7.72. The summed E-state index contributed by atoms with van der Waals surface area (Å²) in [7, 11) is 0. The van der Waals surface area contributed by atoms with Crippen molar-refractivity contribution in [2.24, 2.45) is 10.9 Å². The first-order valence-electron chi connectivity index (χ1n) is 9.40. The molecule has 2 aromatic carbocycles. The van der Waals surface area contributed by atoms with Gasteiger partial charge in [0.05, 0.1) is 18.2 Å². The van der Waals surface area contributed by atoms with Crippen LogP contribution >= 0.6 is 11.6 Å². The standard InChI is InChI=1S/C21H18ClN3O4/c22-12-1-3-16-14(7-12)21(27)15-9-25(6-5-17(15)24-16)10-20(26)23-13-2-4-18-19(8-13)29-11-28-18/h1-4,7-8,15H,5-6,9-11H2,(H,23,26). The van der Waals surface area contributed by atoms with E-state index in [4.69, 9.17) is 21.1 Å². The Balaban J connectivity index is 1.25. The Labute approximate surface area is 172 Å². The molecule has 1 amide bonds. The van der Waals surface area contributed by atoms with Gasteiger partial charge < -0.3 is 14.8 Å². The summed E-state index contributed by atoms with van der Waals surface area (Å²) in [6, 6.07) is 10.5. The topological polar surface area (TPSA) is 80.2 Å². The number of ketones is 1. The maximum atomic E-state index is 12.9. The molecule has 1 atom stereocenters. The van der Waals surface area contributed by atoms with Crippen LogP contribution in [0.25, 0.3) is 0 Å². The van der Waals surface area contributed by atoms with E-state index in [1.807, 2.05) is 4.90 Å². The number of nitrogens with zero attached hydrogens (tertiary/aromatic N) is 2. The molecule has 8 heteroatoms. The largest absolute Gasteiger partial charge is 0.454 e. The van der Waals surface area contributed by atoms with Crippen molar-refractivity contribution in [1.29, 1.82) is 0 Å². The number of Topliss-reactive ketones (excluding diaryl/α,β-unsaturated/α-hetero) is 1. The molecule has 148 valence electrons. The van der Waals surface area contributed by atoms with Gasteiger partial charge in [0.1, 0.15) is 0 Å². The molecule has 0 bridgehead atoms. The maximum Gasteiger partial charge on any atom is 0.238 e. The summed E-state index contributed by atoms with van der Waals surface area (Å²) >= 11 is 6.05. The van der Waals surface area contributed by atoms with Crippen molar-refractivity contribution in [1.82, 2.24) is 4.90 Å². The molecule has 0 spiro atoms. The van der Waals surface area contributed by atoms with Gasteiger partial charge in [-0.25, -0.2) is 0 Å². The summed E-state index contributed by atoms with van der Waals surface area (Å²) in [6.07, 6.45) is 0.662. The van der Waals surface area contributed by atoms with Gasteiger partial charge in [0.2, 0.25) is 12.7 Å². The van der Waals surface area contributed by atoms with E-state index < -0.39 is 0 Å². The molecule has 0 aliphatic carbocycles. The highest BCUT2D eigenvalue weighted by molar-refractivity contribution is 6.31. The number of hydrogen-bond donors (Lipinski definition) is 1. The lowest BCUT2D eigenvalue weighted by Gasteiger charge is -2.34. The van der Waals surface area contributed by atoms with Gasteiger partial charge in [0.15, 0.2) is 17.3 Å². The number of hydrogen-bond acceptors (Lipinski definition) is 6. The third-order valence-corrected chi connectivity index (χ3v) is 5.59. The van der Waals surface area contributed by atoms with Crippen LogP contribution in [0.1, 0.15) is 16.8 Å². The molecule has 1 N–H and O–H groups in total. The number of rotatable bonds is 3. The van der Waals surface area contributed by atoms with Gasteiger partial charge in [0, 0.05) is 41.1 Å². The van der Waals surface area contributed by atoms with Crippen molar-refractivity contribution in [3.63, 3.8) is 0 Å². The second-order valence-electron chi connectivity index (χ2n) is 7.28. The molecule has 2 aromatic rings. The van der Waals surface area contributed by atoms with E-state index >= 15 is 0 Å². The number of piperidine rings is 1. The molecular weight excluding hydrogens is 394 g/mol. The minimum Gasteiger partial charge on any atom is -0.454 e. The fourth-order valence-electron chi connectivity index (χ4n) is 3.94. The van der Waals surface area contributed by atoms with Crippen molar-refractivity contribution < 1.29 is 19.1 Å². The normalized spacial score (nSPS) is 20.0. The number of carbonyl (C=O) groups excluding carboxylic acids is 2. The van der Waals surface area contributed by atoms with Gasteiger partial charge in [-0.1, -0.05) is 11.6 Å². The highest BCUT2D eigenvalue weighted by atomic mass is 35.5. The van der Waals surface area contributed by atoms with E-state index in [0.717, 1.165) is 5.71 Å². The van der Waals surface area contributed by atoms with E-state index in [0.29, 0.717) is 53.0 Å². The summed E-state index contributed by atoms with van der Waals surface area (Å²) in [5.74, 6) is 0.839. The summed E-state index contributed by atoms with van der Waals surface area (Å²) in [4.78, 5) is 32.1. The third-order valence-electron chi connectivity index (χ3n) is 5.36. The molecule has 3 heterocycles. The predicted octanol–water partition coefficient (Wildman–Crippen LogP) is 3.30. The Hall–Kier alpha value is -2.90. The SMILES string of the molecule is O=C(CN1CCC2=Nc3ccc(Cl)cc3C(=O)C2C1)Nc1ccc2c(c1)OCO2. The Bertz CT molecular complexity index is 1050. The molecular formula is C21H18ClN3O4. The lowest BCUT2D eigenvalue weighted by atomic mass is 9.85. The Kier molecular flexibility index (Phi) is 4.49. The molecule has 29 heavy (non-hydrogen) atoms. The lowest BCUT2D eigenvalue weighted by Crippen LogP contribution is -2.47. The van der Waals surface area contributed by atoms with Crippen molar-refractivity contribution in [3.8, 4) is 11.5 Å². The number of benzene rings is 2. The molecule has 3 aliphatic rings. The molecule has 0 saturated carbocycles. The number of halogens is 1. The summed E-state index contributed by atoms with van der Waals surface area (Å²) in [5, 5.41) is 3.40. The summed E-state index contributed by atoms with van der Waals surface area (Å²) in [6.45, 7) is 1.54. The monoisotopic (exact) mass is 411 g/mol. The fourth-order valence-corrected chi connectivity index (χ4v) is 4.11. The van der Waals surface area contributed by atoms with Crippen molar-refractivity contribution in [2.45, 2.75) is 6.42 Å². The van der Waals surface area contributed by atoms with Crippen LogP contribution in [-0.4, -0.2) is 48.7 Å². The van der Waals surface area contributed by atoms with E-state index in [2.05, 4.69) is 10.3 Å². The number of ether oxygens (including phenoxy) is 2. The number of amides is 1. The van der Waals surface area contributed by atoms with Crippen molar-refractivity contribution >= 4 is 40.4 Å². The first-order valence-corrected chi connectivity index (χ1v) is 9.78. The quantitative estimate of drug-likeness (QED) is 0.838. The number of likely N-dealkylation sites (tertiary alicyclic amines) is 1. The van der Waals surface area contributed by atoms with Crippen LogP contribution < -0.4 is 14.8 Å². The minimum atomic E-state index is -0.326. The highest BCUT2D eigenvalue weighted by Crippen LogP contribution is 2.35. The van der Waals surface area contributed by atoms with Crippen LogP contribution in [-0.2, 0) is 4.79 Å². The van der Waals surface area contributed by atoms with E-state index in [-0.39, 0.29) is 30.9 Å². The zero-order chi connectivity index (χ0) is 20.0. The number of carbonyl (C=O) groups is 2. The van der Waals surface area contributed by atoms with Gasteiger partial charge in [-0.05, 0) is 36.8 Å². The maximum absolute atomic E-state index is 12.9. The van der Waals surface area contributed by atoms with Crippen molar-refractivity contribution in [2.75, 3.05) is 31.7 Å². The zero-order valence-corrected chi connectivity index (χ0v) is 16.2.